The van der Waals surface area contributed by atoms with Crippen LogP contribution in [0.5, 0.6) is 0 Å². The molecule has 21 heavy (non-hydrogen) atoms. The molecule has 0 bridgehead atoms. The summed E-state index contributed by atoms with van der Waals surface area (Å²) in [7, 11) is 0. The van der Waals surface area contributed by atoms with Gasteiger partial charge in [0.05, 0.1) is 17.4 Å². The summed E-state index contributed by atoms with van der Waals surface area (Å²) in [5.74, 6) is -1.24. The molecule has 0 unspecified atom stereocenters. The van der Waals surface area contributed by atoms with Crippen molar-refractivity contribution >= 4 is 22.5 Å². The van der Waals surface area contributed by atoms with Crippen molar-refractivity contribution in [2.45, 2.75) is 6.54 Å². The molecule has 0 aliphatic heterocycles. The first-order chi connectivity index (χ1) is 10.1. The van der Waals surface area contributed by atoms with Crippen LogP contribution in [0.3, 0.4) is 0 Å². The lowest BCUT2D eigenvalue weighted by atomic mass is 10.2. The molecule has 0 aliphatic carbocycles. The zero-order chi connectivity index (χ0) is 15.0. The van der Waals surface area contributed by atoms with Crippen molar-refractivity contribution in [1.82, 2.24) is 4.57 Å². The smallest absolute Gasteiger partial charge is 0.372 e. The summed E-state index contributed by atoms with van der Waals surface area (Å²) in [6.07, 6.45) is 0. The molecule has 0 N–H and O–H groups in total. The van der Waals surface area contributed by atoms with E-state index >= 15 is 0 Å². The van der Waals surface area contributed by atoms with Gasteiger partial charge in [-0.05, 0) is 29.8 Å². The summed E-state index contributed by atoms with van der Waals surface area (Å²) in [5, 5.41) is 0.507. The van der Waals surface area contributed by atoms with E-state index in [1.807, 2.05) is 0 Å². The Morgan fingerprint density at radius 2 is 1.90 bits per heavy atom. The van der Waals surface area contributed by atoms with Crippen molar-refractivity contribution in [3.8, 4) is 0 Å². The zero-order valence-electron chi connectivity index (χ0n) is 10.7. The molecule has 6 heteroatoms. The fourth-order valence-electron chi connectivity index (χ4n) is 2.14. The van der Waals surface area contributed by atoms with E-state index < -0.39 is 17.2 Å². The third-order valence-corrected chi connectivity index (χ3v) is 3.51. The van der Waals surface area contributed by atoms with Gasteiger partial charge in [0.25, 0.3) is 0 Å². The monoisotopic (exact) mass is 305 g/mol. The lowest BCUT2D eigenvalue weighted by Crippen LogP contribution is -2.25. The third-order valence-electron chi connectivity index (χ3n) is 3.16. The number of nitrogens with zero attached hydrogens (tertiary/aromatic N) is 1. The van der Waals surface area contributed by atoms with E-state index in [1.165, 1.54) is 22.8 Å². The van der Waals surface area contributed by atoms with Crippen LogP contribution in [0.4, 0.5) is 4.39 Å². The van der Waals surface area contributed by atoms with Crippen LogP contribution in [0.1, 0.15) is 5.56 Å². The highest BCUT2D eigenvalue weighted by atomic mass is 35.5. The van der Waals surface area contributed by atoms with E-state index in [2.05, 4.69) is 0 Å². The average molecular weight is 306 g/mol. The highest BCUT2D eigenvalue weighted by Gasteiger charge is 2.11. The Hall–Kier alpha value is -2.40. The van der Waals surface area contributed by atoms with Crippen LogP contribution in [0.25, 0.3) is 10.9 Å². The topological polar surface area (TPSA) is 52.2 Å². The molecular weight excluding hydrogens is 297 g/mol. The van der Waals surface area contributed by atoms with Crippen molar-refractivity contribution in [3.05, 3.63) is 79.8 Å². The second-order valence-electron chi connectivity index (χ2n) is 4.49. The van der Waals surface area contributed by atoms with Gasteiger partial charge in [-0.1, -0.05) is 29.8 Å². The van der Waals surface area contributed by atoms with Gasteiger partial charge in [0.15, 0.2) is 0 Å². The fourth-order valence-corrected chi connectivity index (χ4v) is 2.37. The molecule has 0 radical (unpaired) electrons. The number of hydrogen-bond donors (Lipinski definition) is 0. The van der Waals surface area contributed by atoms with E-state index in [1.54, 1.807) is 24.3 Å². The summed E-state index contributed by atoms with van der Waals surface area (Å²) in [4.78, 5) is 23.6. The normalized spacial score (nSPS) is 11.0. The average Bonchev–Trinajstić information content (AvgIpc) is 2.45. The van der Waals surface area contributed by atoms with Gasteiger partial charge in [0.1, 0.15) is 5.82 Å². The maximum absolute atomic E-state index is 13.1. The lowest BCUT2D eigenvalue weighted by Gasteiger charge is -2.09. The Morgan fingerprint density at radius 3 is 2.67 bits per heavy atom. The van der Waals surface area contributed by atoms with Crippen LogP contribution < -0.4 is 11.4 Å². The Kier molecular flexibility index (Phi) is 3.35. The predicted molar refractivity (Wildman–Crippen MR) is 77.3 cm³/mol. The molecule has 0 spiro atoms. The van der Waals surface area contributed by atoms with Crippen LogP contribution in [0, 0.1) is 5.82 Å². The van der Waals surface area contributed by atoms with Gasteiger partial charge in [0, 0.05) is 5.02 Å². The van der Waals surface area contributed by atoms with Gasteiger partial charge in [-0.15, -0.1) is 0 Å². The molecule has 1 aromatic heterocycles. The maximum Gasteiger partial charge on any atom is 0.422 e. The van der Waals surface area contributed by atoms with Gasteiger partial charge in [-0.2, -0.15) is 0 Å². The van der Waals surface area contributed by atoms with Crippen LogP contribution in [-0.4, -0.2) is 4.57 Å². The standard InChI is InChI=1S/C15H9ClFNO3/c16-12-7-10(17)6-5-9(12)8-18-13-4-2-1-3-11(13)14(19)21-15(18)20/h1-7H,8H2. The number of rotatable bonds is 2. The van der Waals surface area contributed by atoms with Gasteiger partial charge in [-0.25, -0.2) is 14.0 Å². The Balaban J connectivity index is 2.21. The highest BCUT2D eigenvalue weighted by Crippen LogP contribution is 2.19. The molecule has 0 aliphatic rings. The highest BCUT2D eigenvalue weighted by molar-refractivity contribution is 6.31. The molecule has 0 fully saturated rings. The quantitative estimate of drug-likeness (QED) is 0.731. The van der Waals surface area contributed by atoms with Crippen molar-refractivity contribution < 1.29 is 8.81 Å². The number of halogens is 2. The Morgan fingerprint density at radius 1 is 1.14 bits per heavy atom. The van der Waals surface area contributed by atoms with Gasteiger partial charge >= 0.3 is 11.4 Å². The fraction of sp³-hybridized carbons (Fsp3) is 0.0667. The SMILES string of the molecule is O=c1oc(=O)n(Cc2ccc(F)cc2Cl)c2ccccc12. The molecule has 106 valence electrons. The van der Waals surface area contributed by atoms with E-state index in [-0.39, 0.29) is 11.6 Å². The van der Waals surface area contributed by atoms with E-state index in [0.29, 0.717) is 16.5 Å². The minimum absolute atomic E-state index is 0.0856. The number of para-hydroxylation sites is 1. The maximum atomic E-state index is 13.1. The molecule has 4 nitrogen and oxygen atoms in total. The zero-order valence-corrected chi connectivity index (χ0v) is 11.4. The minimum Gasteiger partial charge on any atom is -0.372 e. The molecule has 3 aromatic rings. The van der Waals surface area contributed by atoms with Crippen molar-refractivity contribution in [1.29, 1.82) is 0 Å². The van der Waals surface area contributed by atoms with Gasteiger partial charge in [-0.3, -0.25) is 4.57 Å². The molecule has 0 saturated carbocycles. The molecule has 2 aromatic carbocycles. The summed E-state index contributed by atoms with van der Waals surface area (Å²) in [6.45, 7) is 0.0856. The largest absolute Gasteiger partial charge is 0.422 e. The van der Waals surface area contributed by atoms with Crippen LogP contribution >= 0.6 is 11.6 Å². The lowest BCUT2D eigenvalue weighted by molar-refractivity contribution is 0.425. The van der Waals surface area contributed by atoms with E-state index in [0.717, 1.165) is 0 Å². The molecule has 3 rings (SSSR count). The second-order valence-corrected chi connectivity index (χ2v) is 4.90. The number of hydrogen-bond acceptors (Lipinski definition) is 3. The number of aromatic nitrogens is 1. The van der Waals surface area contributed by atoms with Crippen molar-refractivity contribution in [2.24, 2.45) is 0 Å². The molecule has 0 saturated heterocycles. The second kappa shape index (κ2) is 5.18. The van der Waals surface area contributed by atoms with Gasteiger partial charge in [0.2, 0.25) is 0 Å². The van der Waals surface area contributed by atoms with Gasteiger partial charge < -0.3 is 4.42 Å². The molecule has 0 atom stereocenters. The number of benzene rings is 2. The van der Waals surface area contributed by atoms with Crippen LogP contribution in [0.2, 0.25) is 5.02 Å². The molecule has 0 amide bonds. The summed E-state index contributed by atoms with van der Waals surface area (Å²) in [5.41, 5.74) is 0.315. The first kappa shape index (κ1) is 13.6. The molecule has 1 heterocycles. The minimum atomic E-state index is -0.779. The Bertz CT molecular complexity index is 946. The predicted octanol–water partition coefficient (Wildman–Crippen LogP) is 2.80. The van der Waals surface area contributed by atoms with Crippen LogP contribution in [0.15, 0.2) is 56.5 Å². The van der Waals surface area contributed by atoms with Crippen LogP contribution in [-0.2, 0) is 6.54 Å². The Labute approximate surface area is 123 Å². The summed E-state index contributed by atoms with van der Waals surface area (Å²) >= 11 is 5.97. The van der Waals surface area contributed by atoms with Crippen molar-refractivity contribution in [3.63, 3.8) is 0 Å². The third kappa shape index (κ3) is 2.48. The van der Waals surface area contributed by atoms with E-state index in [9.17, 15) is 14.0 Å². The van der Waals surface area contributed by atoms with E-state index in [4.69, 9.17) is 16.0 Å². The first-order valence-electron chi connectivity index (χ1n) is 6.13. The number of fused-ring (bicyclic) bond motifs is 1. The first-order valence-corrected chi connectivity index (χ1v) is 6.50. The molecular formula is C15H9ClFNO3. The summed E-state index contributed by atoms with van der Waals surface area (Å²) < 4.78 is 19.0. The summed E-state index contributed by atoms with van der Waals surface area (Å²) in [6, 6.07) is 10.5. The van der Waals surface area contributed by atoms with Crippen molar-refractivity contribution in [2.75, 3.05) is 0 Å².